The maximum absolute atomic E-state index is 11.7. The second kappa shape index (κ2) is 4.47. The largest absolute Gasteiger partial charge is 0.369 e. The van der Waals surface area contributed by atoms with Crippen LogP contribution in [0.3, 0.4) is 0 Å². The minimum Gasteiger partial charge on any atom is -0.369 e. The van der Waals surface area contributed by atoms with Crippen LogP contribution < -0.4 is 5.73 Å². The molecular weight excluding hydrogens is 202 g/mol. The van der Waals surface area contributed by atoms with E-state index in [1.165, 1.54) is 0 Å². The highest BCUT2D eigenvalue weighted by Gasteiger charge is 2.27. The molecule has 16 heavy (non-hydrogen) atoms. The van der Waals surface area contributed by atoms with E-state index < -0.39 is 0 Å². The zero-order chi connectivity index (χ0) is 11.5. The van der Waals surface area contributed by atoms with Crippen molar-refractivity contribution in [1.82, 2.24) is 0 Å². The predicted molar refractivity (Wildman–Crippen MR) is 60.9 cm³/mol. The number of Topliss-reactive ketones (excluding diaryl/α,β-unsaturated/α-hetero) is 1. The van der Waals surface area contributed by atoms with Crippen molar-refractivity contribution in [2.45, 2.75) is 31.6 Å². The van der Waals surface area contributed by atoms with Crippen molar-refractivity contribution in [3.8, 4) is 0 Å². The van der Waals surface area contributed by atoms with Crippen molar-refractivity contribution >= 4 is 11.7 Å². The van der Waals surface area contributed by atoms with Gasteiger partial charge < -0.3 is 5.73 Å². The van der Waals surface area contributed by atoms with E-state index in [1.54, 1.807) is 0 Å². The summed E-state index contributed by atoms with van der Waals surface area (Å²) >= 11 is 0. The van der Waals surface area contributed by atoms with Gasteiger partial charge in [-0.25, -0.2) is 0 Å². The summed E-state index contributed by atoms with van der Waals surface area (Å²) < 4.78 is 0. The van der Waals surface area contributed by atoms with E-state index >= 15 is 0 Å². The number of benzene rings is 1. The molecule has 0 aliphatic heterocycles. The number of hydrogen-bond donors (Lipinski definition) is 1. The Balaban J connectivity index is 2.32. The van der Waals surface area contributed by atoms with Crippen molar-refractivity contribution in [3.63, 3.8) is 0 Å². The second-order valence-corrected chi connectivity index (χ2v) is 4.25. The number of ketones is 1. The van der Waals surface area contributed by atoms with Gasteiger partial charge >= 0.3 is 0 Å². The molecule has 2 rings (SSSR count). The van der Waals surface area contributed by atoms with E-state index in [2.05, 4.69) is 0 Å². The maximum Gasteiger partial charge on any atom is 0.221 e. The minimum atomic E-state index is -0.349. The van der Waals surface area contributed by atoms with Gasteiger partial charge in [-0.05, 0) is 24.0 Å². The van der Waals surface area contributed by atoms with Crippen molar-refractivity contribution in [2.24, 2.45) is 5.73 Å². The Bertz CT molecular complexity index is 426. The molecule has 1 aliphatic carbocycles. The van der Waals surface area contributed by atoms with E-state index in [0.29, 0.717) is 6.42 Å². The summed E-state index contributed by atoms with van der Waals surface area (Å²) in [7, 11) is 0. The van der Waals surface area contributed by atoms with Crippen LogP contribution in [-0.4, -0.2) is 11.7 Å². The lowest BCUT2D eigenvalue weighted by atomic mass is 9.91. The normalized spacial score (nSPS) is 20.0. The number of primary amides is 1. The van der Waals surface area contributed by atoms with E-state index in [-0.39, 0.29) is 24.0 Å². The smallest absolute Gasteiger partial charge is 0.221 e. The molecule has 1 atom stereocenters. The third-order valence-corrected chi connectivity index (χ3v) is 3.10. The third kappa shape index (κ3) is 2.13. The topological polar surface area (TPSA) is 60.2 Å². The zero-order valence-corrected chi connectivity index (χ0v) is 9.11. The van der Waals surface area contributed by atoms with Gasteiger partial charge in [0.25, 0.3) is 0 Å². The average Bonchev–Trinajstić information content (AvgIpc) is 2.64. The van der Waals surface area contributed by atoms with Crippen LogP contribution >= 0.6 is 0 Å². The van der Waals surface area contributed by atoms with Gasteiger partial charge in [0.15, 0.2) is 0 Å². The molecule has 0 heterocycles. The number of carbonyl (C=O) groups is 2. The molecule has 84 valence electrons. The lowest BCUT2D eigenvalue weighted by Crippen LogP contribution is -2.16. The summed E-state index contributed by atoms with van der Waals surface area (Å²) in [6, 6.07) is 7.60. The Morgan fingerprint density at radius 2 is 2.12 bits per heavy atom. The molecule has 3 heteroatoms. The predicted octanol–water partition coefficient (Wildman–Crippen LogP) is 1.55. The van der Waals surface area contributed by atoms with Crippen LogP contribution in [0, 0.1) is 0 Å². The zero-order valence-electron chi connectivity index (χ0n) is 9.11. The maximum atomic E-state index is 11.7. The summed E-state index contributed by atoms with van der Waals surface area (Å²) in [4.78, 5) is 22.7. The molecule has 1 amide bonds. The molecule has 0 aromatic heterocycles. The molecule has 3 nitrogen and oxygen atoms in total. The first-order chi connectivity index (χ1) is 7.68. The Labute approximate surface area is 94.6 Å². The molecule has 0 spiro atoms. The number of nitrogens with two attached hydrogens (primary N) is 1. The van der Waals surface area contributed by atoms with Gasteiger partial charge in [0.1, 0.15) is 5.78 Å². The van der Waals surface area contributed by atoms with E-state index in [1.807, 2.05) is 24.3 Å². The molecule has 1 aliphatic rings. The summed E-state index contributed by atoms with van der Waals surface area (Å²) in [5.74, 6) is -0.0784. The molecule has 1 fully saturated rings. The summed E-state index contributed by atoms with van der Waals surface area (Å²) in [6.45, 7) is 0. The van der Waals surface area contributed by atoms with Gasteiger partial charge in [-0.1, -0.05) is 24.3 Å². The van der Waals surface area contributed by atoms with Crippen LogP contribution in [0.25, 0.3) is 0 Å². The first-order valence-electron chi connectivity index (χ1n) is 5.57. The van der Waals surface area contributed by atoms with Gasteiger partial charge in [0.05, 0.1) is 6.42 Å². The standard InChI is InChI=1S/C13H15NO2/c14-13(16)8-9-4-1-2-5-10(9)11-6-3-7-12(11)15/h1-2,4-5,11H,3,6-8H2,(H2,14,16). The van der Waals surface area contributed by atoms with Crippen molar-refractivity contribution in [2.75, 3.05) is 0 Å². The fraction of sp³-hybridized carbons (Fsp3) is 0.385. The van der Waals surface area contributed by atoms with E-state index in [0.717, 1.165) is 24.0 Å². The van der Waals surface area contributed by atoms with Crippen LogP contribution in [0.1, 0.15) is 36.3 Å². The number of amides is 1. The quantitative estimate of drug-likeness (QED) is 0.835. The van der Waals surface area contributed by atoms with Crippen molar-refractivity contribution in [3.05, 3.63) is 35.4 Å². The Hall–Kier alpha value is -1.64. The number of hydrogen-bond acceptors (Lipinski definition) is 2. The average molecular weight is 217 g/mol. The van der Waals surface area contributed by atoms with Gasteiger partial charge in [0.2, 0.25) is 5.91 Å². The highest BCUT2D eigenvalue weighted by Crippen LogP contribution is 2.33. The van der Waals surface area contributed by atoms with Crippen LogP contribution in [0.5, 0.6) is 0 Å². The molecular formula is C13H15NO2. The van der Waals surface area contributed by atoms with Gasteiger partial charge in [-0.3, -0.25) is 9.59 Å². The molecule has 1 saturated carbocycles. The molecule has 1 unspecified atom stereocenters. The van der Waals surface area contributed by atoms with Crippen molar-refractivity contribution in [1.29, 1.82) is 0 Å². The van der Waals surface area contributed by atoms with E-state index in [9.17, 15) is 9.59 Å². The Morgan fingerprint density at radius 1 is 1.38 bits per heavy atom. The third-order valence-electron chi connectivity index (χ3n) is 3.10. The second-order valence-electron chi connectivity index (χ2n) is 4.25. The first-order valence-corrected chi connectivity index (χ1v) is 5.57. The fourth-order valence-corrected chi connectivity index (χ4v) is 2.37. The summed E-state index contributed by atoms with van der Waals surface area (Å²) in [6.07, 6.45) is 2.73. The van der Waals surface area contributed by atoms with Crippen LogP contribution in [0.4, 0.5) is 0 Å². The fourth-order valence-electron chi connectivity index (χ4n) is 2.37. The van der Waals surface area contributed by atoms with Gasteiger partial charge in [-0.2, -0.15) is 0 Å². The lowest BCUT2D eigenvalue weighted by Gasteiger charge is -2.13. The SMILES string of the molecule is NC(=O)Cc1ccccc1C1CCCC1=O. The first kappa shape index (κ1) is 10.9. The molecule has 0 bridgehead atoms. The minimum absolute atomic E-state index is 0.0180. The highest BCUT2D eigenvalue weighted by atomic mass is 16.1. The molecule has 0 saturated heterocycles. The number of carbonyl (C=O) groups excluding carboxylic acids is 2. The van der Waals surface area contributed by atoms with Crippen LogP contribution in [0.15, 0.2) is 24.3 Å². The Morgan fingerprint density at radius 3 is 2.75 bits per heavy atom. The van der Waals surface area contributed by atoms with Crippen molar-refractivity contribution < 1.29 is 9.59 Å². The molecule has 0 radical (unpaired) electrons. The Kier molecular flexibility index (Phi) is 3.04. The summed E-state index contributed by atoms with van der Waals surface area (Å²) in [5.41, 5.74) is 7.09. The van der Waals surface area contributed by atoms with E-state index in [4.69, 9.17) is 5.73 Å². The number of rotatable bonds is 3. The summed E-state index contributed by atoms with van der Waals surface area (Å²) in [5, 5.41) is 0. The molecule has 2 N–H and O–H groups in total. The highest BCUT2D eigenvalue weighted by molar-refractivity contribution is 5.88. The van der Waals surface area contributed by atoms with Crippen LogP contribution in [0.2, 0.25) is 0 Å². The lowest BCUT2D eigenvalue weighted by molar-refractivity contribution is -0.119. The van der Waals surface area contributed by atoms with Gasteiger partial charge in [0, 0.05) is 12.3 Å². The monoisotopic (exact) mass is 217 g/mol. The van der Waals surface area contributed by atoms with Crippen LogP contribution in [-0.2, 0) is 16.0 Å². The molecule has 1 aromatic carbocycles. The molecule has 1 aromatic rings. The van der Waals surface area contributed by atoms with Gasteiger partial charge in [-0.15, -0.1) is 0 Å².